The van der Waals surface area contributed by atoms with Crippen molar-refractivity contribution in [1.82, 2.24) is 15.3 Å². The van der Waals surface area contributed by atoms with E-state index in [1.807, 2.05) is 12.1 Å². The van der Waals surface area contributed by atoms with Gasteiger partial charge in [0.2, 0.25) is 11.9 Å². The van der Waals surface area contributed by atoms with Crippen molar-refractivity contribution in [2.75, 3.05) is 25.0 Å². The Hall–Kier alpha value is -2.34. The average Bonchev–Trinajstić information content (AvgIpc) is 2.58. The lowest BCUT2D eigenvalue weighted by Crippen LogP contribution is -2.39. The van der Waals surface area contributed by atoms with Crippen molar-refractivity contribution in [2.24, 2.45) is 5.92 Å². The Morgan fingerprint density at radius 1 is 1.30 bits per heavy atom. The predicted octanol–water partition coefficient (Wildman–Crippen LogP) is 1.91. The molecule has 2 aromatic rings. The lowest BCUT2D eigenvalue weighted by molar-refractivity contribution is -0.126. The first-order valence-electron chi connectivity index (χ1n) is 7.42. The number of ether oxygens (including phenoxy) is 1. The molecule has 1 atom stereocenters. The standard InChI is InChI=1S/C16H17ClN4O2/c17-13-2-3-14-11(9-13)8-12(10-23-14)15(22)18-6-7-21-16-19-4-1-5-20-16/h1-5,9,12H,6-8,10H2,(H,18,22)(H,19,20,21)/t12-/m1/s1. The number of fused-ring (bicyclic) bond motifs is 1. The zero-order valence-electron chi connectivity index (χ0n) is 12.5. The fourth-order valence-electron chi connectivity index (χ4n) is 2.43. The number of nitrogens with zero attached hydrogens (tertiary/aromatic N) is 2. The third-order valence-corrected chi connectivity index (χ3v) is 3.81. The summed E-state index contributed by atoms with van der Waals surface area (Å²) in [5, 5.41) is 6.59. The Kier molecular flexibility index (Phi) is 4.92. The molecular formula is C16H17ClN4O2. The van der Waals surface area contributed by atoms with E-state index >= 15 is 0 Å². The first-order valence-corrected chi connectivity index (χ1v) is 7.80. The van der Waals surface area contributed by atoms with Crippen LogP contribution in [0.3, 0.4) is 0 Å². The Morgan fingerprint density at radius 3 is 2.96 bits per heavy atom. The second-order valence-electron chi connectivity index (χ2n) is 5.25. The molecule has 0 radical (unpaired) electrons. The van der Waals surface area contributed by atoms with Gasteiger partial charge in [-0.15, -0.1) is 0 Å². The van der Waals surface area contributed by atoms with E-state index < -0.39 is 0 Å². The molecule has 1 amide bonds. The van der Waals surface area contributed by atoms with E-state index in [-0.39, 0.29) is 11.8 Å². The largest absolute Gasteiger partial charge is 0.492 e. The molecule has 120 valence electrons. The van der Waals surface area contributed by atoms with Crippen LogP contribution in [-0.2, 0) is 11.2 Å². The molecule has 0 unspecified atom stereocenters. The molecule has 1 aliphatic rings. The molecular weight excluding hydrogens is 316 g/mol. The number of benzene rings is 1. The highest BCUT2D eigenvalue weighted by Crippen LogP contribution is 2.29. The van der Waals surface area contributed by atoms with Gasteiger partial charge in [0.05, 0.1) is 5.92 Å². The third-order valence-electron chi connectivity index (χ3n) is 3.57. The van der Waals surface area contributed by atoms with Crippen LogP contribution in [0, 0.1) is 5.92 Å². The number of carbonyl (C=O) groups is 1. The topological polar surface area (TPSA) is 76.1 Å². The van der Waals surface area contributed by atoms with Crippen molar-refractivity contribution in [3.63, 3.8) is 0 Å². The van der Waals surface area contributed by atoms with Gasteiger partial charge in [0.25, 0.3) is 0 Å². The Labute approximate surface area is 139 Å². The first kappa shape index (κ1) is 15.6. The Bertz CT molecular complexity index is 681. The summed E-state index contributed by atoms with van der Waals surface area (Å²) in [5.41, 5.74) is 0.972. The third kappa shape index (κ3) is 4.10. The molecule has 0 bridgehead atoms. The molecule has 2 heterocycles. The maximum absolute atomic E-state index is 12.2. The van der Waals surface area contributed by atoms with Crippen LogP contribution in [-0.4, -0.2) is 35.6 Å². The summed E-state index contributed by atoms with van der Waals surface area (Å²) < 4.78 is 5.63. The maximum Gasteiger partial charge on any atom is 0.226 e. The number of carbonyl (C=O) groups excluding carboxylic acids is 1. The molecule has 2 N–H and O–H groups in total. The average molecular weight is 333 g/mol. The van der Waals surface area contributed by atoms with Crippen LogP contribution in [0.2, 0.25) is 5.02 Å². The van der Waals surface area contributed by atoms with Gasteiger partial charge < -0.3 is 15.4 Å². The van der Waals surface area contributed by atoms with Crippen LogP contribution in [0.5, 0.6) is 5.75 Å². The van der Waals surface area contributed by atoms with Gasteiger partial charge in [-0.2, -0.15) is 0 Å². The smallest absolute Gasteiger partial charge is 0.226 e. The minimum Gasteiger partial charge on any atom is -0.492 e. The summed E-state index contributed by atoms with van der Waals surface area (Å²) in [6, 6.07) is 7.23. The SMILES string of the molecule is O=C(NCCNc1ncccn1)[C@H]1COc2ccc(Cl)cc2C1. The zero-order valence-corrected chi connectivity index (χ0v) is 13.2. The second-order valence-corrected chi connectivity index (χ2v) is 5.69. The van der Waals surface area contributed by atoms with Gasteiger partial charge in [-0.1, -0.05) is 11.6 Å². The molecule has 0 fully saturated rings. The lowest BCUT2D eigenvalue weighted by Gasteiger charge is -2.24. The maximum atomic E-state index is 12.2. The van der Waals surface area contributed by atoms with Crippen LogP contribution < -0.4 is 15.4 Å². The Balaban J connectivity index is 1.46. The van der Waals surface area contributed by atoms with Crippen LogP contribution >= 0.6 is 11.6 Å². The second kappa shape index (κ2) is 7.28. The molecule has 0 saturated heterocycles. The van der Waals surface area contributed by atoms with Crippen LogP contribution in [0.4, 0.5) is 5.95 Å². The van der Waals surface area contributed by atoms with Crippen molar-refractivity contribution in [1.29, 1.82) is 0 Å². The summed E-state index contributed by atoms with van der Waals surface area (Å²) >= 11 is 5.99. The monoisotopic (exact) mass is 332 g/mol. The minimum atomic E-state index is -0.200. The summed E-state index contributed by atoms with van der Waals surface area (Å²) in [6.07, 6.45) is 3.96. The highest BCUT2D eigenvalue weighted by molar-refractivity contribution is 6.30. The summed E-state index contributed by atoms with van der Waals surface area (Å²) in [7, 11) is 0. The number of aromatic nitrogens is 2. The van der Waals surface area contributed by atoms with Crippen molar-refractivity contribution in [3.8, 4) is 5.75 Å². The summed E-state index contributed by atoms with van der Waals surface area (Å²) in [4.78, 5) is 20.3. The number of rotatable bonds is 5. The van der Waals surface area contributed by atoms with Crippen LogP contribution in [0.1, 0.15) is 5.56 Å². The Morgan fingerprint density at radius 2 is 2.13 bits per heavy atom. The van der Waals surface area contributed by atoms with E-state index in [0.29, 0.717) is 37.1 Å². The van der Waals surface area contributed by atoms with Crippen LogP contribution in [0.25, 0.3) is 0 Å². The molecule has 1 aromatic carbocycles. The van der Waals surface area contributed by atoms with E-state index in [0.717, 1.165) is 11.3 Å². The van der Waals surface area contributed by atoms with Gasteiger partial charge in [0.1, 0.15) is 12.4 Å². The van der Waals surface area contributed by atoms with Crippen LogP contribution in [0.15, 0.2) is 36.7 Å². The van der Waals surface area contributed by atoms with E-state index in [1.165, 1.54) is 0 Å². The number of anilines is 1. The number of halogens is 1. The van der Waals surface area contributed by atoms with Crippen molar-refractivity contribution < 1.29 is 9.53 Å². The first-order chi connectivity index (χ1) is 11.2. The van der Waals surface area contributed by atoms with Crippen molar-refractivity contribution >= 4 is 23.5 Å². The molecule has 1 aromatic heterocycles. The predicted molar refractivity (Wildman–Crippen MR) is 87.7 cm³/mol. The van der Waals surface area contributed by atoms with Crippen molar-refractivity contribution in [2.45, 2.75) is 6.42 Å². The summed E-state index contributed by atoms with van der Waals surface area (Å²) in [6.45, 7) is 1.44. The molecule has 0 aliphatic carbocycles. The molecule has 0 spiro atoms. The van der Waals surface area contributed by atoms with E-state index in [1.54, 1.807) is 24.5 Å². The van der Waals surface area contributed by atoms with Gasteiger partial charge in [0, 0.05) is 30.5 Å². The number of amides is 1. The van der Waals surface area contributed by atoms with Gasteiger partial charge >= 0.3 is 0 Å². The van der Waals surface area contributed by atoms with Gasteiger partial charge in [0.15, 0.2) is 0 Å². The summed E-state index contributed by atoms with van der Waals surface area (Å²) in [5.74, 6) is 1.13. The highest BCUT2D eigenvalue weighted by atomic mass is 35.5. The molecule has 7 heteroatoms. The molecule has 0 saturated carbocycles. The van der Waals surface area contributed by atoms with E-state index in [4.69, 9.17) is 16.3 Å². The zero-order chi connectivity index (χ0) is 16.1. The quantitative estimate of drug-likeness (QED) is 0.818. The van der Waals surface area contributed by atoms with Gasteiger partial charge in [-0.25, -0.2) is 9.97 Å². The fourth-order valence-corrected chi connectivity index (χ4v) is 2.62. The molecule has 1 aliphatic heterocycles. The van der Waals surface area contributed by atoms with Crippen molar-refractivity contribution in [3.05, 3.63) is 47.2 Å². The molecule has 6 nitrogen and oxygen atoms in total. The molecule has 3 rings (SSSR count). The lowest BCUT2D eigenvalue weighted by atomic mass is 9.96. The normalized spacial score (nSPS) is 16.1. The molecule has 23 heavy (non-hydrogen) atoms. The van der Waals surface area contributed by atoms with Gasteiger partial charge in [-0.05, 0) is 36.2 Å². The number of nitrogens with one attached hydrogen (secondary N) is 2. The highest BCUT2D eigenvalue weighted by Gasteiger charge is 2.25. The number of hydrogen-bond acceptors (Lipinski definition) is 5. The van der Waals surface area contributed by atoms with E-state index in [2.05, 4.69) is 20.6 Å². The number of hydrogen-bond donors (Lipinski definition) is 2. The van der Waals surface area contributed by atoms with Gasteiger partial charge in [-0.3, -0.25) is 4.79 Å². The fraction of sp³-hybridized carbons (Fsp3) is 0.312. The minimum absolute atomic E-state index is 0.0218. The van der Waals surface area contributed by atoms with E-state index in [9.17, 15) is 4.79 Å².